The second-order valence-corrected chi connectivity index (χ2v) is 9.03. The van der Waals surface area contributed by atoms with E-state index in [2.05, 4.69) is 37.5 Å². The second-order valence-electron chi connectivity index (χ2n) is 6.80. The van der Waals surface area contributed by atoms with Gasteiger partial charge in [-0.3, -0.25) is 4.79 Å². The van der Waals surface area contributed by atoms with Crippen molar-refractivity contribution in [2.75, 3.05) is 23.3 Å². The second kappa shape index (κ2) is 6.37. The summed E-state index contributed by atoms with van der Waals surface area (Å²) in [5.74, 6) is 0.784. The Morgan fingerprint density at radius 2 is 2.15 bits per heavy atom. The van der Waals surface area contributed by atoms with Crippen molar-refractivity contribution in [1.82, 2.24) is 14.9 Å². The van der Waals surface area contributed by atoms with E-state index in [4.69, 9.17) is 5.10 Å². The van der Waals surface area contributed by atoms with Crippen LogP contribution in [0.1, 0.15) is 23.3 Å². The van der Waals surface area contributed by atoms with Crippen molar-refractivity contribution >= 4 is 50.2 Å². The van der Waals surface area contributed by atoms with Crippen LogP contribution in [0.2, 0.25) is 0 Å². The van der Waals surface area contributed by atoms with Gasteiger partial charge in [0, 0.05) is 25.2 Å². The third-order valence-electron chi connectivity index (χ3n) is 5.23. The number of fused-ring (bicyclic) bond motifs is 4. The zero-order chi connectivity index (χ0) is 17.7. The number of piperidine rings is 2. The number of piperazine rings is 1. The topological polar surface area (TPSA) is 61.7 Å². The van der Waals surface area contributed by atoms with Crippen molar-refractivity contribution < 1.29 is 4.79 Å². The highest BCUT2D eigenvalue weighted by Crippen LogP contribution is 2.29. The van der Waals surface area contributed by atoms with Gasteiger partial charge in [-0.2, -0.15) is 0 Å². The first kappa shape index (κ1) is 16.3. The van der Waals surface area contributed by atoms with E-state index < -0.39 is 0 Å². The molecule has 6 nitrogen and oxygen atoms in total. The molecule has 8 heteroatoms. The molecule has 3 aliphatic heterocycles. The lowest BCUT2D eigenvalue weighted by Gasteiger charge is -2.46. The van der Waals surface area contributed by atoms with Gasteiger partial charge in [-0.1, -0.05) is 0 Å². The molecule has 3 aromatic heterocycles. The largest absolute Gasteiger partial charge is 0.349 e. The van der Waals surface area contributed by atoms with Gasteiger partial charge in [0.05, 0.1) is 15.0 Å². The lowest BCUT2D eigenvalue weighted by molar-refractivity contribution is 0.102. The molecule has 3 aliphatic rings. The van der Waals surface area contributed by atoms with E-state index in [1.54, 1.807) is 15.9 Å². The number of hydrogen-bond acceptors (Lipinski definition) is 5. The maximum Gasteiger partial charge on any atom is 0.274 e. The molecule has 1 amide bonds. The summed E-state index contributed by atoms with van der Waals surface area (Å²) in [5, 5.41) is 13.2. The number of carbonyl (C=O) groups is 1. The Labute approximate surface area is 163 Å². The van der Waals surface area contributed by atoms with Crippen LogP contribution < -0.4 is 15.5 Å². The fourth-order valence-corrected chi connectivity index (χ4v) is 4.99. The van der Waals surface area contributed by atoms with Crippen LogP contribution in [0.3, 0.4) is 0 Å². The summed E-state index contributed by atoms with van der Waals surface area (Å²) < 4.78 is 2.66. The van der Waals surface area contributed by atoms with Gasteiger partial charge in [-0.05, 0) is 64.5 Å². The number of aromatic nitrogens is 2. The van der Waals surface area contributed by atoms with Crippen molar-refractivity contribution in [1.29, 1.82) is 0 Å². The van der Waals surface area contributed by atoms with E-state index in [-0.39, 0.29) is 5.91 Å². The zero-order valence-corrected chi connectivity index (χ0v) is 16.4. The molecule has 6 rings (SSSR count). The quantitative estimate of drug-likeness (QED) is 0.667. The van der Waals surface area contributed by atoms with E-state index in [9.17, 15) is 4.79 Å². The molecule has 2 bridgehead atoms. The van der Waals surface area contributed by atoms with E-state index >= 15 is 0 Å². The smallest absolute Gasteiger partial charge is 0.274 e. The molecular formula is C18H18BrN5OS. The molecule has 0 unspecified atom stereocenters. The standard InChI is InChI=1S/C18H18BrN5OS/c19-17-14(7-8-26-17)21-18(25)15-5-3-12-4-6-16(22-24(12)15)23-10-11-1-2-13(23)9-20-11/h3-8,11,13,20H,1-2,9-10H2,(H,21,25)/t11-,13-/m1/s1. The highest BCUT2D eigenvalue weighted by atomic mass is 79.9. The number of nitrogens with zero attached hydrogens (tertiary/aromatic N) is 3. The van der Waals surface area contributed by atoms with Crippen LogP contribution in [0.4, 0.5) is 11.5 Å². The van der Waals surface area contributed by atoms with Gasteiger partial charge in [0.15, 0.2) is 0 Å². The van der Waals surface area contributed by atoms with Gasteiger partial charge in [-0.15, -0.1) is 16.4 Å². The first-order valence-electron chi connectivity index (χ1n) is 8.72. The minimum absolute atomic E-state index is 0.157. The molecule has 3 aromatic rings. The number of amides is 1. The minimum Gasteiger partial charge on any atom is -0.349 e. The third kappa shape index (κ3) is 2.72. The highest BCUT2D eigenvalue weighted by Gasteiger charge is 2.34. The Bertz CT molecular complexity index is 975. The van der Waals surface area contributed by atoms with Crippen molar-refractivity contribution in [3.8, 4) is 0 Å². The van der Waals surface area contributed by atoms with Gasteiger partial charge in [-0.25, -0.2) is 4.52 Å². The summed E-state index contributed by atoms with van der Waals surface area (Å²) in [6, 6.07) is 10.8. The Hall–Kier alpha value is -1.90. The van der Waals surface area contributed by atoms with Gasteiger partial charge < -0.3 is 15.5 Å². The average molecular weight is 432 g/mol. The fraction of sp³-hybridized carbons (Fsp3) is 0.333. The number of carbonyl (C=O) groups excluding carboxylic acids is 1. The summed E-state index contributed by atoms with van der Waals surface area (Å²) in [4.78, 5) is 15.1. The van der Waals surface area contributed by atoms with Gasteiger partial charge in [0.2, 0.25) is 0 Å². The molecule has 3 fully saturated rings. The van der Waals surface area contributed by atoms with Crippen molar-refractivity contribution in [3.63, 3.8) is 0 Å². The summed E-state index contributed by atoms with van der Waals surface area (Å²) in [7, 11) is 0. The summed E-state index contributed by atoms with van der Waals surface area (Å²) in [6.07, 6.45) is 2.43. The highest BCUT2D eigenvalue weighted by molar-refractivity contribution is 9.11. The number of anilines is 2. The lowest BCUT2D eigenvalue weighted by atomic mass is 9.93. The summed E-state index contributed by atoms with van der Waals surface area (Å²) >= 11 is 5.00. The molecule has 2 atom stereocenters. The van der Waals surface area contributed by atoms with E-state index in [0.717, 1.165) is 33.9 Å². The number of rotatable bonds is 3. The number of hydrogen-bond donors (Lipinski definition) is 2. The molecule has 0 aliphatic carbocycles. The van der Waals surface area contributed by atoms with Gasteiger partial charge >= 0.3 is 0 Å². The normalized spacial score (nSPS) is 22.1. The maximum absolute atomic E-state index is 12.7. The molecule has 0 radical (unpaired) electrons. The monoisotopic (exact) mass is 431 g/mol. The molecule has 6 heterocycles. The van der Waals surface area contributed by atoms with E-state index in [1.165, 1.54) is 12.8 Å². The first-order valence-corrected chi connectivity index (χ1v) is 10.4. The van der Waals surface area contributed by atoms with Crippen LogP contribution in [0.25, 0.3) is 5.52 Å². The van der Waals surface area contributed by atoms with Gasteiger partial charge in [0.1, 0.15) is 11.5 Å². The van der Waals surface area contributed by atoms with Crippen LogP contribution in [-0.4, -0.2) is 40.7 Å². The third-order valence-corrected chi connectivity index (χ3v) is 6.92. The SMILES string of the molecule is O=C(Nc1ccsc1Br)c1ccc2ccc(N3C[C@H]4CC[C@@H]3CN4)nn12. The first-order chi connectivity index (χ1) is 12.7. The van der Waals surface area contributed by atoms with Crippen molar-refractivity contribution in [2.45, 2.75) is 24.9 Å². The molecule has 134 valence electrons. The molecule has 0 spiro atoms. The van der Waals surface area contributed by atoms with E-state index in [0.29, 0.717) is 17.8 Å². The number of nitrogens with one attached hydrogen (secondary N) is 2. The van der Waals surface area contributed by atoms with Gasteiger partial charge in [0.25, 0.3) is 5.91 Å². The fourth-order valence-electron chi connectivity index (χ4n) is 3.86. The lowest BCUT2D eigenvalue weighted by Crippen LogP contribution is -2.61. The molecule has 3 saturated heterocycles. The molecular weight excluding hydrogens is 414 g/mol. The number of halogens is 1. The van der Waals surface area contributed by atoms with Crippen LogP contribution in [0.15, 0.2) is 39.5 Å². The average Bonchev–Trinajstić information content (AvgIpc) is 3.28. The van der Waals surface area contributed by atoms with Crippen molar-refractivity contribution in [3.05, 3.63) is 45.2 Å². The molecule has 0 saturated carbocycles. The minimum atomic E-state index is -0.157. The van der Waals surface area contributed by atoms with Crippen LogP contribution >= 0.6 is 27.3 Å². The predicted octanol–water partition coefficient (Wildman–Crippen LogP) is 3.35. The Morgan fingerprint density at radius 1 is 1.27 bits per heavy atom. The van der Waals surface area contributed by atoms with Crippen molar-refractivity contribution in [2.24, 2.45) is 0 Å². The summed E-state index contributed by atoms with van der Waals surface area (Å²) in [5.41, 5.74) is 2.24. The molecule has 0 aromatic carbocycles. The number of thiophene rings is 1. The molecule has 2 N–H and O–H groups in total. The summed E-state index contributed by atoms with van der Waals surface area (Å²) in [6.45, 7) is 1.99. The Balaban J connectivity index is 1.47. The predicted molar refractivity (Wildman–Crippen MR) is 107 cm³/mol. The van der Waals surface area contributed by atoms with Crippen LogP contribution in [0, 0.1) is 0 Å². The molecule has 26 heavy (non-hydrogen) atoms. The van der Waals surface area contributed by atoms with Crippen LogP contribution in [0.5, 0.6) is 0 Å². The maximum atomic E-state index is 12.7. The van der Waals surface area contributed by atoms with E-state index in [1.807, 2.05) is 29.6 Å². The Kier molecular flexibility index (Phi) is 3.99. The zero-order valence-electron chi connectivity index (χ0n) is 14.0. The van der Waals surface area contributed by atoms with Crippen LogP contribution in [-0.2, 0) is 0 Å². The Morgan fingerprint density at radius 3 is 2.85 bits per heavy atom.